The van der Waals surface area contributed by atoms with Crippen LogP contribution in [-0.4, -0.2) is 49.6 Å². The van der Waals surface area contributed by atoms with Crippen LogP contribution in [0, 0.1) is 5.92 Å². The van der Waals surface area contributed by atoms with Gasteiger partial charge in [-0.25, -0.2) is 0 Å². The van der Waals surface area contributed by atoms with Crippen LogP contribution in [-0.2, 0) is 16.0 Å². The maximum atomic E-state index is 13.4. The number of fused-ring (bicyclic) bond motifs is 1. The van der Waals surface area contributed by atoms with Crippen molar-refractivity contribution in [2.45, 2.75) is 63.8 Å². The van der Waals surface area contributed by atoms with Gasteiger partial charge < -0.3 is 15.0 Å². The lowest BCUT2D eigenvalue weighted by molar-refractivity contribution is -0.137. The summed E-state index contributed by atoms with van der Waals surface area (Å²) in [5.41, 5.74) is 1.10. The molecule has 1 N–H and O–H groups in total. The highest BCUT2D eigenvalue weighted by atomic mass is 32.1. The molecule has 0 bridgehead atoms. The summed E-state index contributed by atoms with van der Waals surface area (Å²) < 4.78 is 6.22. The van der Waals surface area contributed by atoms with Crippen molar-refractivity contribution < 1.29 is 14.3 Å². The highest BCUT2D eigenvalue weighted by molar-refractivity contribution is 7.21. The predicted molar refractivity (Wildman–Crippen MR) is 126 cm³/mol. The Bertz CT molecular complexity index is 903. The SMILES string of the molecule is COCCNC(=O)c1sc2ccccc2c1CC1CCCCCN1C(=O)C1CCCC1. The van der Waals surface area contributed by atoms with Gasteiger partial charge in [0.25, 0.3) is 5.91 Å². The van der Waals surface area contributed by atoms with Crippen molar-refractivity contribution in [2.75, 3.05) is 26.8 Å². The molecule has 2 amide bonds. The molecule has 0 spiro atoms. The average molecular weight is 443 g/mol. The summed E-state index contributed by atoms with van der Waals surface area (Å²) in [6.07, 6.45) is 9.63. The Kier molecular flexibility index (Phi) is 7.62. The van der Waals surface area contributed by atoms with Crippen LogP contribution in [0.25, 0.3) is 10.1 Å². The number of likely N-dealkylation sites (tertiary alicyclic amines) is 1. The molecule has 1 saturated heterocycles. The molecule has 6 heteroatoms. The Balaban J connectivity index is 1.62. The van der Waals surface area contributed by atoms with Gasteiger partial charge in [0, 0.05) is 36.9 Å². The van der Waals surface area contributed by atoms with Gasteiger partial charge in [0.2, 0.25) is 5.91 Å². The number of carbonyl (C=O) groups excluding carboxylic acids is 2. The summed E-state index contributed by atoms with van der Waals surface area (Å²) in [5, 5.41) is 4.15. The average Bonchev–Trinajstić information content (AvgIpc) is 3.38. The number of hydrogen-bond donors (Lipinski definition) is 1. The molecule has 1 atom stereocenters. The lowest BCUT2D eigenvalue weighted by Gasteiger charge is -2.32. The first-order valence-corrected chi connectivity index (χ1v) is 12.6. The third kappa shape index (κ3) is 5.12. The molecule has 1 aliphatic heterocycles. The summed E-state index contributed by atoms with van der Waals surface area (Å²) in [7, 11) is 1.64. The second-order valence-corrected chi connectivity index (χ2v) is 9.93. The summed E-state index contributed by atoms with van der Waals surface area (Å²) in [6, 6.07) is 8.45. The number of nitrogens with one attached hydrogen (secondary N) is 1. The van der Waals surface area contributed by atoms with Gasteiger partial charge in [-0.1, -0.05) is 43.9 Å². The van der Waals surface area contributed by atoms with Crippen LogP contribution in [0.1, 0.15) is 66.6 Å². The van der Waals surface area contributed by atoms with E-state index in [0.29, 0.717) is 19.1 Å². The zero-order valence-corrected chi connectivity index (χ0v) is 19.3. The number of rotatable bonds is 7. The van der Waals surface area contributed by atoms with E-state index in [-0.39, 0.29) is 17.9 Å². The van der Waals surface area contributed by atoms with E-state index in [1.165, 1.54) is 19.3 Å². The Labute approximate surface area is 189 Å². The molecule has 31 heavy (non-hydrogen) atoms. The van der Waals surface area contributed by atoms with Gasteiger partial charge >= 0.3 is 0 Å². The number of thiophene rings is 1. The van der Waals surface area contributed by atoms with E-state index in [1.54, 1.807) is 18.4 Å². The first-order valence-electron chi connectivity index (χ1n) is 11.8. The Morgan fingerprint density at radius 3 is 2.68 bits per heavy atom. The molecule has 1 aromatic carbocycles. The minimum absolute atomic E-state index is 0.0319. The van der Waals surface area contributed by atoms with Crippen molar-refractivity contribution >= 4 is 33.2 Å². The molecule has 1 unspecified atom stereocenters. The van der Waals surface area contributed by atoms with E-state index < -0.39 is 0 Å². The summed E-state index contributed by atoms with van der Waals surface area (Å²) in [5.74, 6) is 0.530. The molecular weight excluding hydrogens is 408 g/mol. The largest absolute Gasteiger partial charge is 0.383 e. The van der Waals surface area contributed by atoms with Crippen LogP contribution < -0.4 is 5.32 Å². The highest BCUT2D eigenvalue weighted by Gasteiger charge is 2.33. The Morgan fingerprint density at radius 2 is 1.87 bits per heavy atom. The van der Waals surface area contributed by atoms with Crippen LogP contribution in [0.3, 0.4) is 0 Å². The van der Waals surface area contributed by atoms with E-state index >= 15 is 0 Å². The summed E-state index contributed by atoms with van der Waals surface area (Å²) in [6.45, 7) is 1.86. The number of ether oxygens (including phenoxy) is 1. The van der Waals surface area contributed by atoms with Crippen LogP contribution in [0.4, 0.5) is 0 Å². The van der Waals surface area contributed by atoms with Crippen LogP contribution in [0.5, 0.6) is 0 Å². The molecule has 2 fully saturated rings. The molecule has 168 valence electrons. The third-order valence-corrected chi connectivity index (χ3v) is 8.01. The monoisotopic (exact) mass is 442 g/mol. The topological polar surface area (TPSA) is 58.6 Å². The predicted octanol–water partition coefficient (Wildman–Crippen LogP) is 4.78. The van der Waals surface area contributed by atoms with E-state index in [1.807, 2.05) is 12.1 Å². The smallest absolute Gasteiger partial charge is 0.261 e. The number of benzene rings is 1. The molecule has 2 aliphatic rings. The fourth-order valence-corrected chi connectivity index (χ4v) is 6.30. The van der Waals surface area contributed by atoms with E-state index in [4.69, 9.17) is 4.74 Å². The third-order valence-electron chi connectivity index (χ3n) is 6.80. The number of methoxy groups -OCH3 is 1. The fourth-order valence-electron chi connectivity index (χ4n) is 5.15. The molecule has 2 heterocycles. The van der Waals surface area contributed by atoms with Gasteiger partial charge in [0.15, 0.2) is 0 Å². The maximum Gasteiger partial charge on any atom is 0.261 e. The molecular formula is C25H34N2O3S. The number of carbonyl (C=O) groups is 2. The lowest BCUT2D eigenvalue weighted by atomic mass is 9.96. The van der Waals surface area contributed by atoms with Crippen molar-refractivity contribution in [2.24, 2.45) is 5.92 Å². The van der Waals surface area contributed by atoms with E-state index in [2.05, 4.69) is 22.3 Å². The Hall–Kier alpha value is -1.92. The zero-order valence-electron chi connectivity index (χ0n) is 18.5. The highest BCUT2D eigenvalue weighted by Crippen LogP contribution is 2.35. The van der Waals surface area contributed by atoms with Crippen LogP contribution in [0.2, 0.25) is 0 Å². The van der Waals surface area contributed by atoms with Gasteiger partial charge in [0.1, 0.15) is 0 Å². The quantitative estimate of drug-likeness (QED) is 0.628. The maximum absolute atomic E-state index is 13.4. The standard InChI is InChI=1S/C25H34N2O3S/c1-30-16-14-26-24(28)23-21(20-12-6-7-13-22(20)31-23)17-19-11-3-2-8-15-27(19)25(29)18-9-4-5-10-18/h6-7,12-13,18-19H,2-5,8-11,14-17H2,1H3,(H,26,28). The Morgan fingerprint density at radius 1 is 1.10 bits per heavy atom. The van der Waals surface area contributed by atoms with Crippen molar-refractivity contribution in [1.82, 2.24) is 10.2 Å². The van der Waals surface area contributed by atoms with Crippen molar-refractivity contribution in [3.63, 3.8) is 0 Å². The van der Waals surface area contributed by atoms with Crippen LogP contribution >= 0.6 is 11.3 Å². The molecule has 4 rings (SSSR count). The molecule has 1 aliphatic carbocycles. The first-order chi connectivity index (χ1) is 15.2. The molecule has 2 aromatic rings. The fraction of sp³-hybridized carbons (Fsp3) is 0.600. The summed E-state index contributed by atoms with van der Waals surface area (Å²) in [4.78, 5) is 29.4. The van der Waals surface area contributed by atoms with Gasteiger partial charge in [0.05, 0.1) is 11.5 Å². The zero-order chi connectivity index (χ0) is 21.6. The summed E-state index contributed by atoms with van der Waals surface area (Å²) >= 11 is 1.56. The molecule has 0 radical (unpaired) electrons. The number of amides is 2. The van der Waals surface area contributed by atoms with Gasteiger partial charge in [-0.05, 0) is 49.1 Å². The van der Waals surface area contributed by atoms with Crippen molar-refractivity contribution in [1.29, 1.82) is 0 Å². The first kappa shape index (κ1) is 22.3. The second-order valence-electron chi connectivity index (χ2n) is 8.87. The van der Waals surface area contributed by atoms with Crippen molar-refractivity contribution in [3.05, 3.63) is 34.7 Å². The second kappa shape index (κ2) is 10.6. The normalized spacial score (nSPS) is 20.2. The van der Waals surface area contributed by atoms with E-state index in [9.17, 15) is 9.59 Å². The van der Waals surface area contributed by atoms with Gasteiger partial charge in [-0.2, -0.15) is 0 Å². The molecule has 5 nitrogen and oxygen atoms in total. The molecule has 1 aromatic heterocycles. The number of hydrogen-bond acceptors (Lipinski definition) is 4. The number of nitrogens with zero attached hydrogens (tertiary/aromatic N) is 1. The minimum Gasteiger partial charge on any atom is -0.383 e. The van der Waals surface area contributed by atoms with Gasteiger partial charge in [-0.15, -0.1) is 11.3 Å². The minimum atomic E-state index is -0.0319. The lowest BCUT2D eigenvalue weighted by Crippen LogP contribution is -2.44. The van der Waals surface area contributed by atoms with E-state index in [0.717, 1.165) is 65.6 Å². The van der Waals surface area contributed by atoms with Gasteiger partial charge in [-0.3, -0.25) is 9.59 Å². The van der Waals surface area contributed by atoms with Crippen LogP contribution in [0.15, 0.2) is 24.3 Å². The molecule has 1 saturated carbocycles. The van der Waals surface area contributed by atoms with Crippen molar-refractivity contribution in [3.8, 4) is 0 Å².